The summed E-state index contributed by atoms with van der Waals surface area (Å²) in [4.78, 5) is 36.5. The number of carbonyl (C=O) groups is 3. The van der Waals surface area contributed by atoms with Crippen LogP contribution in [-0.2, 0) is 25.7 Å². The zero-order valence-electron chi connectivity index (χ0n) is 17.3. The van der Waals surface area contributed by atoms with Crippen LogP contribution in [0.25, 0.3) is 10.7 Å². The molecule has 0 unspecified atom stereocenters. The van der Waals surface area contributed by atoms with Crippen molar-refractivity contribution in [2.45, 2.75) is 18.6 Å². The molecule has 2 N–H and O–H groups in total. The number of ether oxygens (including phenoxy) is 1. The summed E-state index contributed by atoms with van der Waals surface area (Å²) in [5, 5.41) is 15.3. The van der Waals surface area contributed by atoms with Crippen LogP contribution < -0.4 is 10.6 Å². The molecule has 0 fully saturated rings. The molecular weight excluding hydrogens is 476 g/mol. The first-order valence-corrected chi connectivity index (χ1v) is 11.5. The van der Waals surface area contributed by atoms with E-state index in [0.29, 0.717) is 17.5 Å². The number of esters is 1. The second kappa shape index (κ2) is 11.5. The maximum Gasteiger partial charge on any atom is 0.316 e. The predicted octanol–water partition coefficient (Wildman–Crippen LogP) is 2.69. The Balaban J connectivity index is 1.39. The number of thioether (sulfide) groups is 1. The molecule has 9 nitrogen and oxygen atoms in total. The van der Waals surface area contributed by atoms with Crippen LogP contribution in [0, 0.1) is 11.6 Å². The van der Waals surface area contributed by atoms with Gasteiger partial charge in [0.25, 0.3) is 5.91 Å². The maximum atomic E-state index is 13.1. The van der Waals surface area contributed by atoms with Crippen molar-refractivity contribution in [1.82, 2.24) is 20.1 Å². The van der Waals surface area contributed by atoms with Gasteiger partial charge in [-0.15, -0.1) is 21.5 Å². The molecule has 3 rings (SSSR count). The zero-order valence-corrected chi connectivity index (χ0v) is 19.0. The molecule has 0 aliphatic carbocycles. The third-order valence-electron chi connectivity index (χ3n) is 4.11. The SMILES string of the molecule is CCn1c(SCC(=O)OCC(=O)NCC(=O)Nc2ccc(F)c(F)c2)nnc1-c1cccs1. The van der Waals surface area contributed by atoms with Crippen LogP contribution in [-0.4, -0.2) is 51.5 Å². The molecule has 2 amide bonds. The highest BCUT2D eigenvalue weighted by atomic mass is 32.2. The summed E-state index contributed by atoms with van der Waals surface area (Å²) in [6.07, 6.45) is 0. The number of hydrogen-bond acceptors (Lipinski definition) is 8. The lowest BCUT2D eigenvalue weighted by molar-refractivity contribution is -0.146. The number of aromatic nitrogens is 3. The Labute approximate surface area is 195 Å². The first-order valence-electron chi connectivity index (χ1n) is 9.64. The van der Waals surface area contributed by atoms with Crippen LogP contribution in [0.3, 0.4) is 0 Å². The second-order valence-electron chi connectivity index (χ2n) is 6.43. The normalized spacial score (nSPS) is 10.6. The Morgan fingerprint density at radius 2 is 1.97 bits per heavy atom. The highest BCUT2D eigenvalue weighted by Gasteiger charge is 2.16. The Morgan fingerprint density at radius 1 is 1.15 bits per heavy atom. The molecule has 0 aliphatic rings. The van der Waals surface area contributed by atoms with Crippen molar-refractivity contribution in [3.05, 3.63) is 47.3 Å². The van der Waals surface area contributed by atoms with Gasteiger partial charge < -0.3 is 19.9 Å². The molecule has 0 spiro atoms. The molecule has 2 aromatic heterocycles. The summed E-state index contributed by atoms with van der Waals surface area (Å²) < 4.78 is 32.8. The minimum Gasteiger partial charge on any atom is -0.455 e. The molecule has 0 saturated heterocycles. The zero-order chi connectivity index (χ0) is 23.8. The van der Waals surface area contributed by atoms with Crippen molar-refractivity contribution in [2.75, 3.05) is 24.2 Å². The highest BCUT2D eigenvalue weighted by molar-refractivity contribution is 7.99. The topological polar surface area (TPSA) is 115 Å². The summed E-state index contributed by atoms with van der Waals surface area (Å²) in [7, 11) is 0. The molecule has 1 aromatic carbocycles. The number of thiophene rings is 1. The molecule has 13 heteroatoms. The first kappa shape index (κ1) is 24.3. The number of hydrogen-bond donors (Lipinski definition) is 2. The Hall–Kier alpha value is -3.32. The van der Waals surface area contributed by atoms with Gasteiger partial charge in [0, 0.05) is 18.3 Å². The lowest BCUT2D eigenvalue weighted by atomic mass is 10.3. The van der Waals surface area contributed by atoms with E-state index in [1.165, 1.54) is 17.4 Å². The lowest BCUT2D eigenvalue weighted by Gasteiger charge is -2.08. The summed E-state index contributed by atoms with van der Waals surface area (Å²) in [6, 6.07) is 6.71. The van der Waals surface area contributed by atoms with Gasteiger partial charge >= 0.3 is 5.97 Å². The van der Waals surface area contributed by atoms with Gasteiger partial charge in [0.1, 0.15) is 0 Å². The van der Waals surface area contributed by atoms with E-state index < -0.39 is 42.6 Å². The average Bonchev–Trinajstić information content (AvgIpc) is 3.46. The van der Waals surface area contributed by atoms with Gasteiger partial charge in [-0.2, -0.15) is 0 Å². The Morgan fingerprint density at radius 3 is 2.67 bits per heavy atom. The summed E-state index contributed by atoms with van der Waals surface area (Å²) in [6.45, 7) is 1.55. The number of amides is 2. The number of benzene rings is 1. The molecule has 0 atom stereocenters. The summed E-state index contributed by atoms with van der Waals surface area (Å²) in [5.74, 6) is -3.50. The third kappa shape index (κ3) is 6.83. The molecule has 0 aliphatic heterocycles. The molecule has 2 heterocycles. The minimum absolute atomic E-state index is 0.0405. The van der Waals surface area contributed by atoms with Crippen LogP contribution in [0.2, 0.25) is 0 Å². The molecular formula is C20H19F2N5O4S2. The van der Waals surface area contributed by atoms with Crippen LogP contribution in [0.4, 0.5) is 14.5 Å². The average molecular weight is 496 g/mol. The first-order chi connectivity index (χ1) is 15.9. The summed E-state index contributed by atoms with van der Waals surface area (Å²) in [5.41, 5.74) is 0.0405. The van der Waals surface area contributed by atoms with E-state index in [-0.39, 0.29) is 11.4 Å². The fraction of sp³-hybridized carbons (Fsp3) is 0.250. The number of rotatable bonds is 10. The van der Waals surface area contributed by atoms with Crippen molar-refractivity contribution < 1.29 is 27.9 Å². The number of halogens is 2. The Bertz CT molecular complexity index is 1140. The van der Waals surface area contributed by atoms with E-state index in [1.807, 2.05) is 29.0 Å². The molecule has 0 bridgehead atoms. The van der Waals surface area contributed by atoms with E-state index in [9.17, 15) is 23.2 Å². The van der Waals surface area contributed by atoms with Gasteiger partial charge in [-0.3, -0.25) is 14.4 Å². The minimum atomic E-state index is -1.11. The van der Waals surface area contributed by atoms with Crippen LogP contribution in [0.1, 0.15) is 6.92 Å². The van der Waals surface area contributed by atoms with Gasteiger partial charge in [0.15, 0.2) is 29.2 Å². The fourth-order valence-corrected chi connectivity index (χ4v) is 4.11. The molecule has 3 aromatic rings. The maximum absolute atomic E-state index is 13.1. The molecule has 174 valence electrons. The highest BCUT2D eigenvalue weighted by Crippen LogP contribution is 2.27. The van der Waals surface area contributed by atoms with Gasteiger partial charge in [-0.25, -0.2) is 8.78 Å². The molecule has 33 heavy (non-hydrogen) atoms. The van der Waals surface area contributed by atoms with Crippen LogP contribution >= 0.6 is 23.1 Å². The van der Waals surface area contributed by atoms with Crippen LogP contribution in [0.15, 0.2) is 40.9 Å². The van der Waals surface area contributed by atoms with Crippen molar-refractivity contribution in [2.24, 2.45) is 0 Å². The number of anilines is 1. The second-order valence-corrected chi connectivity index (χ2v) is 8.32. The van der Waals surface area contributed by atoms with E-state index in [4.69, 9.17) is 4.74 Å². The smallest absolute Gasteiger partial charge is 0.316 e. The molecule has 0 radical (unpaired) electrons. The predicted molar refractivity (Wildman–Crippen MR) is 119 cm³/mol. The van der Waals surface area contributed by atoms with Crippen molar-refractivity contribution in [3.8, 4) is 10.7 Å². The fourth-order valence-electron chi connectivity index (χ4n) is 2.59. The van der Waals surface area contributed by atoms with E-state index in [0.717, 1.165) is 28.8 Å². The van der Waals surface area contributed by atoms with Gasteiger partial charge in [0.05, 0.1) is 17.2 Å². The van der Waals surface area contributed by atoms with Crippen LogP contribution in [0.5, 0.6) is 0 Å². The van der Waals surface area contributed by atoms with Gasteiger partial charge in [0.2, 0.25) is 5.91 Å². The van der Waals surface area contributed by atoms with Gasteiger partial charge in [-0.05, 0) is 30.5 Å². The van der Waals surface area contributed by atoms with E-state index >= 15 is 0 Å². The third-order valence-corrected chi connectivity index (χ3v) is 5.91. The number of carbonyl (C=O) groups excluding carboxylic acids is 3. The number of nitrogens with zero attached hydrogens (tertiary/aromatic N) is 3. The Kier molecular flexibility index (Phi) is 8.49. The van der Waals surface area contributed by atoms with Crippen molar-refractivity contribution >= 4 is 46.6 Å². The van der Waals surface area contributed by atoms with E-state index in [1.54, 1.807) is 0 Å². The lowest BCUT2D eigenvalue weighted by Crippen LogP contribution is -2.35. The summed E-state index contributed by atoms with van der Waals surface area (Å²) >= 11 is 2.67. The largest absolute Gasteiger partial charge is 0.455 e. The quantitative estimate of drug-likeness (QED) is 0.328. The number of nitrogens with one attached hydrogen (secondary N) is 2. The van der Waals surface area contributed by atoms with Crippen molar-refractivity contribution in [1.29, 1.82) is 0 Å². The van der Waals surface area contributed by atoms with Gasteiger partial charge in [-0.1, -0.05) is 17.8 Å². The molecule has 0 saturated carbocycles. The standard InChI is InChI=1S/C20H19F2N5O4S2/c1-2-27-19(15-4-3-7-32-15)25-26-20(27)33-11-18(30)31-10-17(29)23-9-16(28)24-12-5-6-13(21)14(22)8-12/h3-8H,2,9-11H2,1H3,(H,23,29)(H,24,28). The monoisotopic (exact) mass is 495 g/mol. The van der Waals surface area contributed by atoms with Crippen molar-refractivity contribution in [3.63, 3.8) is 0 Å². The van der Waals surface area contributed by atoms with E-state index in [2.05, 4.69) is 20.8 Å².